The minimum absolute atomic E-state index is 0.246. The van der Waals surface area contributed by atoms with Crippen LogP contribution in [0.4, 0.5) is 5.69 Å². The van der Waals surface area contributed by atoms with Crippen LogP contribution >= 0.6 is 0 Å². The van der Waals surface area contributed by atoms with E-state index in [4.69, 9.17) is 0 Å². The molecule has 0 aliphatic heterocycles. The highest BCUT2D eigenvalue weighted by Crippen LogP contribution is 2.22. The van der Waals surface area contributed by atoms with Gasteiger partial charge in [-0.1, -0.05) is 12.1 Å². The zero-order valence-corrected chi connectivity index (χ0v) is 9.29. The Labute approximate surface area is 102 Å². The maximum Gasteiger partial charge on any atom is 0.277 e. The number of nitrogens with zero attached hydrogens (tertiary/aromatic N) is 3. The third kappa shape index (κ3) is 1.80. The molecule has 2 N–H and O–H groups in total. The summed E-state index contributed by atoms with van der Waals surface area (Å²) in [5.41, 5.74) is 0.949. The number of anilines is 1. The number of pyridine rings is 1. The molecule has 0 aliphatic carbocycles. The summed E-state index contributed by atoms with van der Waals surface area (Å²) in [6.45, 7) is 0. The van der Waals surface area contributed by atoms with E-state index in [1.807, 2.05) is 24.3 Å². The van der Waals surface area contributed by atoms with Gasteiger partial charge in [0.05, 0.1) is 11.9 Å². The number of hydrogen-bond acceptors (Lipinski definition) is 4. The molecule has 0 bridgehead atoms. The fourth-order valence-corrected chi connectivity index (χ4v) is 1.72. The lowest BCUT2D eigenvalue weighted by molar-refractivity contribution is 0.102. The number of benzene rings is 1. The lowest BCUT2D eigenvalue weighted by Gasteiger charge is -2.06. The van der Waals surface area contributed by atoms with Crippen molar-refractivity contribution in [3.05, 3.63) is 48.5 Å². The molecule has 0 saturated carbocycles. The molecular weight excluding hydrogens is 230 g/mol. The quantitative estimate of drug-likeness (QED) is 0.711. The Kier molecular flexibility index (Phi) is 2.45. The Bertz CT molecular complexity index is 687. The van der Waals surface area contributed by atoms with Crippen LogP contribution in [0.25, 0.3) is 10.8 Å². The summed E-state index contributed by atoms with van der Waals surface area (Å²) in [5.74, 6) is -0.305. The smallest absolute Gasteiger partial charge is 0.277 e. The number of fused-ring (bicyclic) bond motifs is 1. The monoisotopic (exact) mass is 239 g/mol. The summed E-state index contributed by atoms with van der Waals surface area (Å²) < 4.78 is 0. The Morgan fingerprint density at radius 2 is 2.17 bits per heavy atom. The Hall–Kier alpha value is -2.76. The van der Waals surface area contributed by atoms with Crippen LogP contribution in [0.2, 0.25) is 0 Å². The van der Waals surface area contributed by atoms with Gasteiger partial charge in [-0.05, 0) is 17.5 Å². The van der Waals surface area contributed by atoms with Crippen molar-refractivity contribution < 1.29 is 4.79 Å². The standard InChI is InChI=1S/C12H9N5O/c18-12(11-7-14-17-16-11)15-10-3-1-2-8-4-5-13-6-9(8)10/h1-7H,(H,15,18)(H,14,16,17). The van der Waals surface area contributed by atoms with Crippen LogP contribution in [0.1, 0.15) is 10.5 Å². The van der Waals surface area contributed by atoms with Gasteiger partial charge in [0, 0.05) is 17.8 Å². The lowest BCUT2D eigenvalue weighted by atomic mass is 10.1. The lowest BCUT2D eigenvalue weighted by Crippen LogP contribution is -2.12. The number of carbonyl (C=O) groups is 1. The molecule has 88 valence electrons. The van der Waals surface area contributed by atoms with Crippen molar-refractivity contribution in [1.29, 1.82) is 0 Å². The summed E-state index contributed by atoms with van der Waals surface area (Å²) in [6, 6.07) is 7.55. The fourth-order valence-electron chi connectivity index (χ4n) is 1.72. The van der Waals surface area contributed by atoms with Crippen LogP contribution in [-0.4, -0.2) is 26.3 Å². The number of nitrogens with one attached hydrogen (secondary N) is 2. The van der Waals surface area contributed by atoms with E-state index in [1.165, 1.54) is 6.20 Å². The fraction of sp³-hybridized carbons (Fsp3) is 0. The second-order valence-corrected chi connectivity index (χ2v) is 3.71. The van der Waals surface area contributed by atoms with Crippen LogP contribution in [-0.2, 0) is 0 Å². The number of aromatic amines is 1. The van der Waals surface area contributed by atoms with E-state index in [-0.39, 0.29) is 11.6 Å². The molecule has 3 aromatic rings. The van der Waals surface area contributed by atoms with Crippen molar-refractivity contribution in [1.82, 2.24) is 20.4 Å². The van der Waals surface area contributed by atoms with Gasteiger partial charge in [0.1, 0.15) is 0 Å². The van der Waals surface area contributed by atoms with E-state index in [0.29, 0.717) is 5.69 Å². The maximum atomic E-state index is 11.9. The number of carbonyl (C=O) groups excluding carboxylic acids is 1. The SMILES string of the molecule is O=C(Nc1cccc2ccncc12)c1cn[nH]n1. The highest BCUT2D eigenvalue weighted by atomic mass is 16.2. The van der Waals surface area contributed by atoms with Gasteiger partial charge in [0.2, 0.25) is 0 Å². The topological polar surface area (TPSA) is 83.6 Å². The second kappa shape index (κ2) is 4.25. The Balaban J connectivity index is 1.98. The molecule has 0 atom stereocenters. The summed E-state index contributed by atoms with van der Waals surface area (Å²) in [6.07, 6.45) is 4.80. The van der Waals surface area contributed by atoms with Crippen molar-refractivity contribution in [2.24, 2.45) is 0 Å². The molecule has 2 aromatic heterocycles. The molecule has 0 radical (unpaired) electrons. The second-order valence-electron chi connectivity index (χ2n) is 3.71. The zero-order chi connectivity index (χ0) is 12.4. The van der Waals surface area contributed by atoms with E-state index in [0.717, 1.165) is 10.8 Å². The zero-order valence-electron chi connectivity index (χ0n) is 9.29. The van der Waals surface area contributed by atoms with Gasteiger partial charge in [0.15, 0.2) is 5.69 Å². The van der Waals surface area contributed by atoms with Crippen molar-refractivity contribution in [3.8, 4) is 0 Å². The largest absolute Gasteiger partial charge is 0.320 e. The number of amides is 1. The molecule has 1 amide bonds. The number of rotatable bonds is 2. The first kappa shape index (κ1) is 10.4. The van der Waals surface area contributed by atoms with E-state index in [1.54, 1.807) is 12.4 Å². The Morgan fingerprint density at radius 1 is 1.22 bits per heavy atom. The number of hydrogen-bond donors (Lipinski definition) is 2. The van der Waals surface area contributed by atoms with E-state index < -0.39 is 0 Å². The maximum absolute atomic E-state index is 11.9. The van der Waals surface area contributed by atoms with Crippen LogP contribution in [0.5, 0.6) is 0 Å². The van der Waals surface area contributed by atoms with Gasteiger partial charge in [-0.15, -0.1) is 0 Å². The van der Waals surface area contributed by atoms with Crippen LogP contribution in [0.3, 0.4) is 0 Å². The normalized spacial score (nSPS) is 10.4. The van der Waals surface area contributed by atoms with Gasteiger partial charge < -0.3 is 5.32 Å². The molecule has 6 heteroatoms. The molecule has 2 heterocycles. The van der Waals surface area contributed by atoms with Crippen LogP contribution in [0, 0.1) is 0 Å². The van der Waals surface area contributed by atoms with Crippen molar-refractivity contribution in [2.75, 3.05) is 5.32 Å². The first-order valence-electron chi connectivity index (χ1n) is 5.34. The van der Waals surface area contributed by atoms with Crippen molar-refractivity contribution in [2.45, 2.75) is 0 Å². The minimum Gasteiger partial charge on any atom is -0.320 e. The summed E-state index contributed by atoms with van der Waals surface area (Å²) >= 11 is 0. The molecule has 6 nitrogen and oxygen atoms in total. The molecule has 0 fully saturated rings. The molecule has 0 saturated heterocycles. The van der Waals surface area contributed by atoms with Gasteiger partial charge in [-0.3, -0.25) is 9.78 Å². The van der Waals surface area contributed by atoms with Gasteiger partial charge in [0.25, 0.3) is 5.91 Å². The van der Waals surface area contributed by atoms with Crippen molar-refractivity contribution in [3.63, 3.8) is 0 Å². The van der Waals surface area contributed by atoms with E-state index >= 15 is 0 Å². The summed E-state index contributed by atoms with van der Waals surface area (Å²) in [5, 5.41) is 14.4. The molecule has 0 aliphatic rings. The number of H-pyrrole nitrogens is 1. The van der Waals surface area contributed by atoms with Crippen LogP contribution < -0.4 is 5.32 Å². The molecule has 0 unspecified atom stereocenters. The van der Waals surface area contributed by atoms with Gasteiger partial charge in [-0.25, -0.2) is 0 Å². The van der Waals surface area contributed by atoms with E-state index in [9.17, 15) is 4.79 Å². The molecule has 3 rings (SSSR count). The summed E-state index contributed by atoms with van der Waals surface area (Å²) in [7, 11) is 0. The highest BCUT2D eigenvalue weighted by molar-refractivity contribution is 6.07. The number of aromatic nitrogens is 4. The van der Waals surface area contributed by atoms with Crippen molar-refractivity contribution >= 4 is 22.4 Å². The third-order valence-electron chi connectivity index (χ3n) is 2.58. The molecule has 18 heavy (non-hydrogen) atoms. The summed E-state index contributed by atoms with van der Waals surface area (Å²) in [4.78, 5) is 15.9. The molecule has 0 spiro atoms. The van der Waals surface area contributed by atoms with Crippen LogP contribution in [0.15, 0.2) is 42.9 Å². The minimum atomic E-state index is -0.305. The third-order valence-corrected chi connectivity index (χ3v) is 2.58. The average molecular weight is 239 g/mol. The molecular formula is C12H9N5O. The first-order chi connectivity index (χ1) is 8.84. The first-order valence-corrected chi connectivity index (χ1v) is 5.34. The predicted molar refractivity (Wildman–Crippen MR) is 66.1 cm³/mol. The van der Waals surface area contributed by atoms with Gasteiger partial charge >= 0.3 is 0 Å². The predicted octanol–water partition coefficient (Wildman–Crippen LogP) is 1.61. The van der Waals surface area contributed by atoms with E-state index in [2.05, 4.69) is 25.7 Å². The molecule has 1 aromatic carbocycles. The Morgan fingerprint density at radius 3 is 3.00 bits per heavy atom. The highest BCUT2D eigenvalue weighted by Gasteiger charge is 2.10. The average Bonchev–Trinajstić information content (AvgIpc) is 2.93. The van der Waals surface area contributed by atoms with Gasteiger partial charge in [-0.2, -0.15) is 15.4 Å².